The van der Waals surface area contributed by atoms with Gasteiger partial charge in [-0.25, -0.2) is 0 Å². The van der Waals surface area contributed by atoms with Crippen molar-refractivity contribution >= 4 is 21.7 Å². The summed E-state index contributed by atoms with van der Waals surface area (Å²) in [6.07, 6.45) is 3.45. The highest BCUT2D eigenvalue weighted by Gasteiger charge is 2.42. The van der Waals surface area contributed by atoms with Crippen LogP contribution in [0.4, 0.5) is 0 Å². The molecule has 0 unspecified atom stereocenters. The first-order valence-corrected chi connectivity index (χ1v) is 7.28. The molecule has 1 aliphatic carbocycles. The van der Waals surface area contributed by atoms with Gasteiger partial charge in [0.05, 0.1) is 22.3 Å². The van der Waals surface area contributed by atoms with Crippen LogP contribution in [0.2, 0.25) is 0 Å². The Morgan fingerprint density at radius 1 is 1.56 bits per heavy atom. The van der Waals surface area contributed by atoms with Gasteiger partial charge < -0.3 is 5.73 Å². The third kappa shape index (κ3) is 2.14. The summed E-state index contributed by atoms with van der Waals surface area (Å²) in [6.45, 7) is 5.24. The molecule has 0 amide bonds. The molecule has 1 aromatic heterocycles. The van der Waals surface area contributed by atoms with Gasteiger partial charge in [0.2, 0.25) is 0 Å². The van der Waals surface area contributed by atoms with Gasteiger partial charge in [0.1, 0.15) is 5.78 Å². The number of rotatable bonds is 5. The second kappa shape index (κ2) is 5.13. The molecule has 0 aromatic carbocycles. The van der Waals surface area contributed by atoms with Gasteiger partial charge in [-0.15, -0.1) is 0 Å². The van der Waals surface area contributed by atoms with Gasteiger partial charge in [-0.3, -0.25) is 9.48 Å². The smallest absolute Gasteiger partial charge is 0.146 e. The quantitative estimate of drug-likeness (QED) is 0.906. The van der Waals surface area contributed by atoms with Gasteiger partial charge in [-0.2, -0.15) is 5.10 Å². The molecule has 1 aliphatic rings. The molecule has 1 aromatic rings. The standard InChI is InChI=1S/C13H20BrN3O/c1-3-17-10(12(14)9(2)16-17)7-11(18)13(8-15)5-4-6-13/h3-8,15H2,1-2H3. The van der Waals surface area contributed by atoms with Crippen LogP contribution in [0.25, 0.3) is 0 Å². The fourth-order valence-electron chi connectivity index (χ4n) is 2.58. The lowest BCUT2D eigenvalue weighted by Crippen LogP contribution is -2.45. The third-order valence-electron chi connectivity index (χ3n) is 4.07. The molecule has 5 heteroatoms. The van der Waals surface area contributed by atoms with E-state index in [-0.39, 0.29) is 11.2 Å². The SMILES string of the molecule is CCn1nc(C)c(Br)c1CC(=O)C1(CN)CCC1. The lowest BCUT2D eigenvalue weighted by Gasteiger charge is -2.39. The number of hydrogen-bond acceptors (Lipinski definition) is 3. The van der Waals surface area contributed by atoms with Crippen LogP contribution in [0, 0.1) is 12.3 Å². The lowest BCUT2D eigenvalue weighted by molar-refractivity contribution is -0.132. The Balaban J connectivity index is 2.21. The van der Waals surface area contributed by atoms with E-state index < -0.39 is 0 Å². The highest BCUT2D eigenvalue weighted by molar-refractivity contribution is 9.10. The van der Waals surface area contributed by atoms with Gasteiger partial charge in [0, 0.05) is 18.5 Å². The fraction of sp³-hybridized carbons (Fsp3) is 0.692. The normalized spacial score (nSPS) is 17.6. The van der Waals surface area contributed by atoms with Crippen LogP contribution in [0.5, 0.6) is 0 Å². The van der Waals surface area contributed by atoms with E-state index >= 15 is 0 Å². The van der Waals surface area contributed by atoms with Gasteiger partial charge in [-0.1, -0.05) is 6.42 Å². The maximum atomic E-state index is 12.4. The summed E-state index contributed by atoms with van der Waals surface area (Å²) in [7, 11) is 0. The number of carbonyl (C=O) groups excluding carboxylic acids is 1. The number of carbonyl (C=O) groups is 1. The molecule has 1 saturated carbocycles. The molecule has 18 heavy (non-hydrogen) atoms. The van der Waals surface area contributed by atoms with Crippen molar-refractivity contribution in [2.24, 2.45) is 11.1 Å². The van der Waals surface area contributed by atoms with Crippen LogP contribution in [0.1, 0.15) is 37.6 Å². The maximum Gasteiger partial charge on any atom is 0.146 e. The maximum absolute atomic E-state index is 12.4. The number of hydrogen-bond donors (Lipinski definition) is 1. The number of nitrogens with two attached hydrogens (primary N) is 1. The first kappa shape index (κ1) is 13.7. The summed E-state index contributed by atoms with van der Waals surface area (Å²) in [5.74, 6) is 0.270. The Kier molecular flexibility index (Phi) is 3.92. The fourth-order valence-corrected chi connectivity index (χ4v) is 3.00. The molecule has 0 spiro atoms. The molecular weight excluding hydrogens is 294 g/mol. The van der Waals surface area contributed by atoms with E-state index in [2.05, 4.69) is 21.0 Å². The van der Waals surface area contributed by atoms with E-state index in [0.717, 1.165) is 41.7 Å². The predicted octanol–water partition coefficient (Wildman–Crippen LogP) is 2.21. The third-order valence-corrected chi connectivity index (χ3v) is 5.11. The zero-order chi connectivity index (χ0) is 13.3. The van der Waals surface area contributed by atoms with E-state index in [9.17, 15) is 4.79 Å². The number of Topliss-reactive ketones (excluding diaryl/α,β-unsaturated/α-hetero) is 1. The Bertz CT molecular complexity index is 458. The second-order valence-electron chi connectivity index (χ2n) is 5.10. The van der Waals surface area contributed by atoms with Crippen LogP contribution in [0.15, 0.2) is 4.47 Å². The highest BCUT2D eigenvalue weighted by Crippen LogP contribution is 2.41. The summed E-state index contributed by atoms with van der Waals surface area (Å²) in [5.41, 5.74) is 7.45. The number of aryl methyl sites for hydroxylation is 2. The van der Waals surface area contributed by atoms with Gasteiger partial charge in [-0.05, 0) is 42.6 Å². The Morgan fingerprint density at radius 3 is 2.67 bits per heavy atom. The topological polar surface area (TPSA) is 60.9 Å². The van der Waals surface area contributed by atoms with E-state index in [0.29, 0.717) is 13.0 Å². The lowest BCUT2D eigenvalue weighted by atomic mass is 9.65. The molecule has 4 nitrogen and oxygen atoms in total. The van der Waals surface area contributed by atoms with Crippen LogP contribution in [-0.4, -0.2) is 22.1 Å². The first-order valence-electron chi connectivity index (χ1n) is 6.49. The minimum atomic E-state index is -0.254. The Labute approximate surface area is 116 Å². The molecule has 0 bridgehead atoms. The molecule has 2 N–H and O–H groups in total. The van der Waals surface area contributed by atoms with Crippen LogP contribution < -0.4 is 5.73 Å². The zero-order valence-electron chi connectivity index (χ0n) is 11.0. The number of aromatic nitrogens is 2. The van der Waals surface area contributed by atoms with Gasteiger partial charge in [0.15, 0.2) is 0 Å². The van der Waals surface area contributed by atoms with Crippen LogP contribution in [0.3, 0.4) is 0 Å². The average Bonchev–Trinajstić information content (AvgIpc) is 2.56. The summed E-state index contributed by atoms with van der Waals surface area (Å²) in [5, 5.41) is 4.42. The second-order valence-corrected chi connectivity index (χ2v) is 5.89. The van der Waals surface area contributed by atoms with Gasteiger partial charge >= 0.3 is 0 Å². The molecule has 0 aliphatic heterocycles. The van der Waals surface area contributed by atoms with Crippen molar-refractivity contribution in [3.63, 3.8) is 0 Å². The Morgan fingerprint density at radius 2 is 2.22 bits per heavy atom. The highest BCUT2D eigenvalue weighted by atomic mass is 79.9. The van der Waals surface area contributed by atoms with Crippen molar-refractivity contribution in [2.75, 3.05) is 6.54 Å². The van der Waals surface area contributed by atoms with E-state index in [1.165, 1.54) is 0 Å². The van der Waals surface area contributed by atoms with Crippen molar-refractivity contribution in [2.45, 2.75) is 46.1 Å². The average molecular weight is 314 g/mol. The summed E-state index contributed by atoms with van der Waals surface area (Å²) < 4.78 is 2.87. The number of halogens is 1. The molecule has 0 radical (unpaired) electrons. The van der Waals surface area contributed by atoms with E-state index in [1.54, 1.807) is 0 Å². The van der Waals surface area contributed by atoms with Crippen molar-refractivity contribution in [3.05, 3.63) is 15.9 Å². The predicted molar refractivity (Wildman–Crippen MR) is 74.4 cm³/mol. The van der Waals surface area contributed by atoms with Crippen LogP contribution in [-0.2, 0) is 17.8 Å². The summed E-state index contributed by atoms with van der Waals surface area (Å²) in [4.78, 5) is 12.4. The number of nitrogens with zero attached hydrogens (tertiary/aromatic N) is 2. The van der Waals surface area contributed by atoms with Crippen molar-refractivity contribution < 1.29 is 4.79 Å². The summed E-state index contributed by atoms with van der Waals surface area (Å²) >= 11 is 3.53. The van der Waals surface area contributed by atoms with Gasteiger partial charge in [0.25, 0.3) is 0 Å². The zero-order valence-corrected chi connectivity index (χ0v) is 12.6. The van der Waals surface area contributed by atoms with Crippen molar-refractivity contribution in [3.8, 4) is 0 Å². The molecule has 2 rings (SSSR count). The largest absolute Gasteiger partial charge is 0.329 e. The van der Waals surface area contributed by atoms with E-state index in [4.69, 9.17) is 5.73 Å². The number of ketones is 1. The molecule has 0 saturated heterocycles. The van der Waals surface area contributed by atoms with Crippen molar-refractivity contribution in [1.29, 1.82) is 0 Å². The van der Waals surface area contributed by atoms with Crippen LogP contribution >= 0.6 is 15.9 Å². The van der Waals surface area contributed by atoms with E-state index in [1.807, 2.05) is 18.5 Å². The first-order chi connectivity index (χ1) is 8.54. The minimum Gasteiger partial charge on any atom is -0.329 e. The molecule has 0 atom stereocenters. The van der Waals surface area contributed by atoms with Crippen molar-refractivity contribution in [1.82, 2.24) is 9.78 Å². The molecule has 1 fully saturated rings. The molecule has 1 heterocycles. The molecule has 100 valence electrons. The summed E-state index contributed by atoms with van der Waals surface area (Å²) in [6, 6.07) is 0. The Hall–Kier alpha value is -0.680. The molecular formula is C13H20BrN3O. The minimum absolute atomic E-state index is 0.254. The monoisotopic (exact) mass is 313 g/mol.